The lowest BCUT2D eigenvalue weighted by atomic mass is 10.1. The lowest BCUT2D eigenvalue weighted by molar-refractivity contribution is -0.124. The van der Waals surface area contributed by atoms with Gasteiger partial charge in [-0.15, -0.1) is 12.4 Å². The SMILES string of the molecule is CCCOc1ccc(CNC2CCCNC2=O)cc1.Cl. The number of carbonyl (C=O) groups excluding carboxylic acids is 1. The Bertz CT molecular complexity index is 409. The molecule has 112 valence electrons. The lowest BCUT2D eigenvalue weighted by Gasteiger charge is -2.22. The van der Waals surface area contributed by atoms with Crippen LogP contribution in [0.25, 0.3) is 0 Å². The van der Waals surface area contributed by atoms with Crippen LogP contribution < -0.4 is 15.4 Å². The maximum absolute atomic E-state index is 11.6. The molecule has 1 heterocycles. The molecule has 1 fully saturated rings. The molecule has 0 bridgehead atoms. The molecule has 1 aliphatic rings. The van der Waals surface area contributed by atoms with Crippen molar-refractivity contribution in [2.45, 2.75) is 38.8 Å². The monoisotopic (exact) mass is 298 g/mol. The summed E-state index contributed by atoms with van der Waals surface area (Å²) in [4.78, 5) is 11.6. The summed E-state index contributed by atoms with van der Waals surface area (Å²) in [5, 5.41) is 6.18. The standard InChI is InChI=1S/C15H22N2O2.ClH/c1-2-10-19-13-7-5-12(6-8-13)11-17-14-4-3-9-16-15(14)18;/h5-8,14,17H,2-4,9-11H2,1H3,(H,16,18);1H. The molecule has 0 spiro atoms. The Balaban J connectivity index is 0.00000200. The summed E-state index contributed by atoms with van der Waals surface area (Å²) in [6.07, 6.45) is 2.98. The van der Waals surface area contributed by atoms with Crippen LogP contribution in [-0.2, 0) is 11.3 Å². The number of amides is 1. The summed E-state index contributed by atoms with van der Waals surface area (Å²) in [7, 11) is 0. The van der Waals surface area contributed by atoms with Crippen molar-refractivity contribution >= 4 is 18.3 Å². The minimum Gasteiger partial charge on any atom is -0.494 e. The van der Waals surface area contributed by atoms with E-state index in [-0.39, 0.29) is 24.4 Å². The molecule has 1 atom stereocenters. The molecule has 1 aromatic rings. The van der Waals surface area contributed by atoms with E-state index in [9.17, 15) is 4.79 Å². The van der Waals surface area contributed by atoms with Crippen LogP contribution in [0.1, 0.15) is 31.7 Å². The predicted molar refractivity (Wildman–Crippen MR) is 82.3 cm³/mol. The summed E-state index contributed by atoms with van der Waals surface area (Å²) >= 11 is 0. The molecular formula is C15H23ClN2O2. The first-order valence-corrected chi connectivity index (χ1v) is 7.02. The van der Waals surface area contributed by atoms with Gasteiger partial charge in [-0.25, -0.2) is 0 Å². The largest absolute Gasteiger partial charge is 0.494 e. The number of halogens is 1. The first-order chi connectivity index (χ1) is 9.29. The van der Waals surface area contributed by atoms with E-state index in [0.717, 1.165) is 38.2 Å². The zero-order chi connectivity index (χ0) is 13.5. The van der Waals surface area contributed by atoms with Gasteiger partial charge >= 0.3 is 0 Å². The minimum atomic E-state index is -0.0511. The van der Waals surface area contributed by atoms with Crippen LogP contribution in [0.3, 0.4) is 0 Å². The van der Waals surface area contributed by atoms with Crippen molar-refractivity contribution in [3.05, 3.63) is 29.8 Å². The Morgan fingerprint density at radius 1 is 1.35 bits per heavy atom. The maximum Gasteiger partial charge on any atom is 0.237 e. The topological polar surface area (TPSA) is 50.4 Å². The second-order valence-electron chi connectivity index (χ2n) is 4.86. The second-order valence-corrected chi connectivity index (χ2v) is 4.86. The fourth-order valence-corrected chi connectivity index (χ4v) is 2.13. The third kappa shape index (κ3) is 5.02. The van der Waals surface area contributed by atoms with Crippen molar-refractivity contribution < 1.29 is 9.53 Å². The minimum absolute atomic E-state index is 0. The molecule has 4 nitrogen and oxygen atoms in total. The second kappa shape index (κ2) is 8.82. The first kappa shape index (κ1) is 16.8. The summed E-state index contributed by atoms with van der Waals surface area (Å²) in [6.45, 7) is 4.36. The summed E-state index contributed by atoms with van der Waals surface area (Å²) < 4.78 is 5.54. The van der Waals surface area contributed by atoms with E-state index in [1.165, 1.54) is 5.56 Å². The summed E-state index contributed by atoms with van der Waals surface area (Å²) in [6, 6.07) is 7.99. The van der Waals surface area contributed by atoms with Crippen LogP contribution in [0.2, 0.25) is 0 Å². The summed E-state index contributed by atoms with van der Waals surface area (Å²) in [5.74, 6) is 1.02. The van der Waals surface area contributed by atoms with Crippen molar-refractivity contribution in [2.24, 2.45) is 0 Å². The van der Waals surface area contributed by atoms with Crippen molar-refractivity contribution in [3.8, 4) is 5.75 Å². The van der Waals surface area contributed by atoms with E-state index in [0.29, 0.717) is 6.54 Å². The number of ether oxygens (including phenoxy) is 1. The molecule has 20 heavy (non-hydrogen) atoms. The molecular weight excluding hydrogens is 276 g/mol. The maximum atomic E-state index is 11.6. The van der Waals surface area contributed by atoms with Gasteiger partial charge in [0, 0.05) is 13.1 Å². The number of hydrogen-bond donors (Lipinski definition) is 2. The quantitative estimate of drug-likeness (QED) is 0.847. The van der Waals surface area contributed by atoms with Gasteiger partial charge in [-0.2, -0.15) is 0 Å². The predicted octanol–water partition coefficient (Wildman–Crippen LogP) is 2.27. The zero-order valence-electron chi connectivity index (χ0n) is 11.9. The van der Waals surface area contributed by atoms with Gasteiger partial charge in [-0.3, -0.25) is 4.79 Å². The Morgan fingerprint density at radius 3 is 2.75 bits per heavy atom. The molecule has 1 aromatic carbocycles. The van der Waals surface area contributed by atoms with Gasteiger partial charge in [0.2, 0.25) is 5.91 Å². The van der Waals surface area contributed by atoms with Crippen LogP contribution in [-0.4, -0.2) is 25.1 Å². The Kier molecular flexibility index (Phi) is 7.41. The van der Waals surface area contributed by atoms with Gasteiger partial charge in [-0.1, -0.05) is 19.1 Å². The number of hydrogen-bond acceptors (Lipinski definition) is 3. The normalized spacial score (nSPS) is 18.1. The number of piperidine rings is 1. The van der Waals surface area contributed by atoms with E-state index < -0.39 is 0 Å². The van der Waals surface area contributed by atoms with Gasteiger partial charge in [0.1, 0.15) is 5.75 Å². The zero-order valence-corrected chi connectivity index (χ0v) is 12.7. The molecule has 1 unspecified atom stereocenters. The third-order valence-corrected chi connectivity index (χ3v) is 3.23. The van der Waals surface area contributed by atoms with E-state index in [1.54, 1.807) is 0 Å². The molecule has 2 N–H and O–H groups in total. The fraction of sp³-hybridized carbons (Fsp3) is 0.533. The smallest absolute Gasteiger partial charge is 0.237 e. The lowest BCUT2D eigenvalue weighted by Crippen LogP contribution is -2.47. The van der Waals surface area contributed by atoms with E-state index in [2.05, 4.69) is 17.6 Å². The van der Waals surface area contributed by atoms with Crippen LogP contribution in [0.5, 0.6) is 5.75 Å². The van der Waals surface area contributed by atoms with Gasteiger partial charge in [-0.05, 0) is 37.0 Å². The molecule has 1 saturated heterocycles. The fourth-order valence-electron chi connectivity index (χ4n) is 2.13. The molecule has 0 radical (unpaired) electrons. The highest BCUT2D eigenvalue weighted by Crippen LogP contribution is 2.13. The highest BCUT2D eigenvalue weighted by Gasteiger charge is 2.20. The van der Waals surface area contributed by atoms with Gasteiger partial charge in [0.05, 0.1) is 12.6 Å². The average Bonchev–Trinajstić information content (AvgIpc) is 2.45. The average molecular weight is 299 g/mol. The highest BCUT2D eigenvalue weighted by molar-refractivity contribution is 5.85. The van der Waals surface area contributed by atoms with Crippen LogP contribution >= 0.6 is 12.4 Å². The number of benzene rings is 1. The van der Waals surface area contributed by atoms with E-state index in [1.807, 2.05) is 24.3 Å². The number of rotatable bonds is 6. The van der Waals surface area contributed by atoms with Crippen molar-refractivity contribution in [2.75, 3.05) is 13.2 Å². The molecule has 1 amide bonds. The van der Waals surface area contributed by atoms with Crippen molar-refractivity contribution in [3.63, 3.8) is 0 Å². The Labute approximate surface area is 126 Å². The molecule has 0 aliphatic carbocycles. The molecule has 2 rings (SSSR count). The van der Waals surface area contributed by atoms with E-state index >= 15 is 0 Å². The van der Waals surface area contributed by atoms with Crippen molar-refractivity contribution in [1.29, 1.82) is 0 Å². The molecule has 5 heteroatoms. The van der Waals surface area contributed by atoms with Gasteiger partial charge < -0.3 is 15.4 Å². The van der Waals surface area contributed by atoms with Gasteiger partial charge in [0.15, 0.2) is 0 Å². The molecule has 0 aromatic heterocycles. The van der Waals surface area contributed by atoms with Crippen LogP contribution in [0, 0.1) is 0 Å². The Hall–Kier alpha value is -1.26. The van der Waals surface area contributed by atoms with Crippen LogP contribution in [0.15, 0.2) is 24.3 Å². The number of carbonyl (C=O) groups is 1. The van der Waals surface area contributed by atoms with Gasteiger partial charge in [0.25, 0.3) is 0 Å². The molecule has 0 saturated carbocycles. The number of nitrogens with one attached hydrogen (secondary N) is 2. The molecule has 1 aliphatic heterocycles. The highest BCUT2D eigenvalue weighted by atomic mass is 35.5. The summed E-state index contributed by atoms with van der Waals surface area (Å²) in [5.41, 5.74) is 1.17. The van der Waals surface area contributed by atoms with Crippen LogP contribution in [0.4, 0.5) is 0 Å². The third-order valence-electron chi connectivity index (χ3n) is 3.23. The first-order valence-electron chi connectivity index (χ1n) is 7.02. The van der Waals surface area contributed by atoms with E-state index in [4.69, 9.17) is 4.74 Å². The Morgan fingerprint density at radius 2 is 2.10 bits per heavy atom. The van der Waals surface area contributed by atoms with Crippen molar-refractivity contribution in [1.82, 2.24) is 10.6 Å².